The second-order valence-corrected chi connectivity index (χ2v) is 2.43. The number of fused-ring (bicyclic) bond motifs is 1. The van der Waals surface area contributed by atoms with Crippen molar-refractivity contribution in [2.75, 3.05) is 0 Å². The molecule has 0 aromatic carbocycles. The number of thiazole rings is 1. The standard InChI is InChI=1S/C5H4N2S/c1-2-6-5-4(1)8-3-7-5/h1-3,6H. The van der Waals surface area contributed by atoms with E-state index in [1.54, 1.807) is 11.3 Å². The van der Waals surface area contributed by atoms with Crippen LogP contribution in [0.15, 0.2) is 17.8 Å². The van der Waals surface area contributed by atoms with E-state index in [0.717, 1.165) is 5.65 Å². The van der Waals surface area contributed by atoms with Gasteiger partial charge in [0.1, 0.15) is 5.65 Å². The number of rotatable bonds is 0. The van der Waals surface area contributed by atoms with Gasteiger partial charge in [-0.3, -0.25) is 0 Å². The average molecular weight is 124 g/mol. The molecule has 0 aliphatic carbocycles. The minimum absolute atomic E-state index is 0.995. The highest BCUT2D eigenvalue weighted by atomic mass is 32.1. The van der Waals surface area contributed by atoms with E-state index in [0.29, 0.717) is 0 Å². The van der Waals surface area contributed by atoms with Crippen molar-refractivity contribution >= 4 is 21.7 Å². The molecule has 8 heavy (non-hydrogen) atoms. The van der Waals surface area contributed by atoms with Crippen molar-refractivity contribution in [1.29, 1.82) is 0 Å². The number of aromatic nitrogens is 2. The normalized spacial score (nSPS) is 10.5. The molecule has 0 bridgehead atoms. The largest absolute Gasteiger partial charge is 0.345 e. The van der Waals surface area contributed by atoms with Gasteiger partial charge in [-0.25, -0.2) is 4.98 Å². The second kappa shape index (κ2) is 1.32. The van der Waals surface area contributed by atoms with E-state index in [2.05, 4.69) is 9.97 Å². The average Bonchev–Trinajstić information content (AvgIpc) is 2.15. The van der Waals surface area contributed by atoms with E-state index in [9.17, 15) is 0 Å². The van der Waals surface area contributed by atoms with Crippen molar-refractivity contribution in [2.45, 2.75) is 0 Å². The van der Waals surface area contributed by atoms with Crippen molar-refractivity contribution < 1.29 is 0 Å². The monoisotopic (exact) mass is 124 g/mol. The summed E-state index contributed by atoms with van der Waals surface area (Å²) >= 11 is 1.65. The van der Waals surface area contributed by atoms with Gasteiger partial charge in [0.15, 0.2) is 0 Å². The Bertz CT molecular complexity index is 232. The van der Waals surface area contributed by atoms with Gasteiger partial charge < -0.3 is 4.98 Å². The third-order valence-corrected chi connectivity index (χ3v) is 1.84. The van der Waals surface area contributed by atoms with E-state index < -0.39 is 0 Å². The van der Waals surface area contributed by atoms with E-state index in [4.69, 9.17) is 0 Å². The zero-order valence-corrected chi connectivity index (χ0v) is 4.90. The SMILES string of the molecule is c1cc2scnc2[nH]1. The zero-order chi connectivity index (χ0) is 5.40. The maximum Gasteiger partial charge on any atom is 0.148 e. The van der Waals surface area contributed by atoms with E-state index in [1.165, 1.54) is 4.70 Å². The molecule has 0 spiro atoms. The zero-order valence-electron chi connectivity index (χ0n) is 4.09. The van der Waals surface area contributed by atoms with Gasteiger partial charge in [-0.05, 0) is 6.07 Å². The lowest BCUT2D eigenvalue weighted by Gasteiger charge is -1.65. The molecule has 2 aromatic heterocycles. The molecule has 0 aliphatic heterocycles. The van der Waals surface area contributed by atoms with Crippen LogP contribution in [0.4, 0.5) is 0 Å². The first-order valence-electron chi connectivity index (χ1n) is 2.33. The summed E-state index contributed by atoms with van der Waals surface area (Å²) in [5.74, 6) is 0. The predicted octanol–water partition coefficient (Wildman–Crippen LogP) is 1.62. The molecular formula is C5H4N2S. The molecule has 0 aliphatic rings. The van der Waals surface area contributed by atoms with Crippen LogP contribution in [0.25, 0.3) is 10.3 Å². The minimum Gasteiger partial charge on any atom is -0.345 e. The third kappa shape index (κ3) is 0.391. The Balaban J connectivity index is 3.06. The maximum absolute atomic E-state index is 4.04. The number of hydrogen-bond donors (Lipinski definition) is 1. The summed E-state index contributed by atoms with van der Waals surface area (Å²) in [6.07, 6.45) is 1.90. The number of nitrogens with zero attached hydrogens (tertiary/aromatic N) is 1. The number of aromatic amines is 1. The Kier molecular flexibility index (Phi) is 0.676. The van der Waals surface area contributed by atoms with Gasteiger partial charge in [0, 0.05) is 6.20 Å². The van der Waals surface area contributed by atoms with Crippen LogP contribution >= 0.6 is 11.3 Å². The molecule has 2 rings (SSSR count). The second-order valence-electron chi connectivity index (χ2n) is 1.54. The molecule has 0 saturated carbocycles. The molecule has 0 atom stereocenters. The van der Waals surface area contributed by atoms with Crippen molar-refractivity contribution in [3.05, 3.63) is 17.8 Å². The van der Waals surface area contributed by atoms with Crippen LogP contribution in [0.2, 0.25) is 0 Å². The first-order chi connectivity index (χ1) is 3.97. The van der Waals surface area contributed by atoms with Crippen LogP contribution in [0.1, 0.15) is 0 Å². The van der Waals surface area contributed by atoms with Crippen molar-refractivity contribution in [3.63, 3.8) is 0 Å². The highest BCUT2D eigenvalue weighted by molar-refractivity contribution is 7.16. The van der Waals surface area contributed by atoms with Crippen LogP contribution < -0.4 is 0 Å². The Morgan fingerprint density at radius 1 is 1.62 bits per heavy atom. The van der Waals surface area contributed by atoms with Crippen LogP contribution in [0, 0.1) is 0 Å². The number of H-pyrrole nitrogens is 1. The molecule has 0 unspecified atom stereocenters. The van der Waals surface area contributed by atoms with Gasteiger partial charge in [-0.15, -0.1) is 11.3 Å². The maximum atomic E-state index is 4.04. The highest BCUT2D eigenvalue weighted by Gasteiger charge is 1.91. The van der Waals surface area contributed by atoms with Crippen molar-refractivity contribution in [3.8, 4) is 0 Å². The molecule has 0 fully saturated rings. The summed E-state index contributed by atoms with van der Waals surface area (Å²) in [5, 5.41) is 0. The molecular weight excluding hydrogens is 120 g/mol. The van der Waals surface area contributed by atoms with E-state index >= 15 is 0 Å². The van der Waals surface area contributed by atoms with Gasteiger partial charge in [-0.1, -0.05) is 0 Å². The fourth-order valence-corrected chi connectivity index (χ4v) is 1.32. The fourth-order valence-electron chi connectivity index (χ4n) is 0.678. The van der Waals surface area contributed by atoms with Gasteiger partial charge in [0.25, 0.3) is 0 Å². The van der Waals surface area contributed by atoms with E-state index in [-0.39, 0.29) is 0 Å². The van der Waals surface area contributed by atoms with Gasteiger partial charge in [0.05, 0.1) is 10.2 Å². The Morgan fingerprint density at radius 3 is 3.50 bits per heavy atom. The summed E-state index contributed by atoms with van der Waals surface area (Å²) in [6.45, 7) is 0. The lowest BCUT2D eigenvalue weighted by atomic mass is 10.6. The minimum atomic E-state index is 0.995. The molecule has 2 nitrogen and oxygen atoms in total. The molecule has 0 radical (unpaired) electrons. The molecule has 1 N–H and O–H groups in total. The predicted molar refractivity (Wildman–Crippen MR) is 34.0 cm³/mol. The van der Waals surface area contributed by atoms with Crippen molar-refractivity contribution in [2.24, 2.45) is 0 Å². The fraction of sp³-hybridized carbons (Fsp3) is 0. The third-order valence-electron chi connectivity index (χ3n) is 1.05. The highest BCUT2D eigenvalue weighted by Crippen LogP contribution is 2.13. The number of hydrogen-bond acceptors (Lipinski definition) is 2. The Labute approximate surface area is 50.2 Å². The Morgan fingerprint density at radius 2 is 2.62 bits per heavy atom. The lowest BCUT2D eigenvalue weighted by molar-refractivity contribution is 1.36. The van der Waals surface area contributed by atoms with Crippen LogP contribution in [-0.2, 0) is 0 Å². The summed E-state index contributed by atoms with van der Waals surface area (Å²) in [7, 11) is 0. The topological polar surface area (TPSA) is 28.7 Å². The number of nitrogens with one attached hydrogen (secondary N) is 1. The first kappa shape index (κ1) is 4.09. The molecule has 0 saturated heterocycles. The van der Waals surface area contributed by atoms with Gasteiger partial charge >= 0.3 is 0 Å². The Hall–Kier alpha value is -0.830. The van der Waals surface area contributed by atoms with Crippen molar-refractivity contribution in [1.82, 2.24) is 9.97 Å². The molecule has 2 heterocycles. The van der Waals surface area contributed by atoms with Gasteiger partial charge in [0.2, 0.25) is 0 Å². The molecule has 40 valence electrons. The van der Waals surface area contributed by atoms with Crippen LogP contribution in [-0.4, -0.2) is 9.97 Å². The molecule has 0 amide bonds. The smallest absolute Gasteiger partial charge is 0.148 e. The van der Waals surface area contributed by atoms with Gasteiger partial charge in [-0.2, -0.15) is 0 Å². The summed E-state index contributed by atoms with van der Waals surface area (Å²) in [4.78, 5) is 7.04. The first-order valence-corrected chi connectivity index (χ1v) is 3.21. The molecule has 2 aromatic rings. The summed E-state index contributed by atoms with van der Waals surface area (Å²) in [6, 6.07) is 2.02. The van der Waals surface area contributed by atoms with Crippen LogP contribution in [0.3, 0.4) is 0 Å². The summed E-state index contributed by atoms with van der Waals surface area (Å²) < 4.78 is 1.23. The quantitative estimate of drug-likeness (QED) is 0.568. The summed E-state index contributed by atoms with van der Waals surface area (Å²) in [5.41, 5.74) is 2.83. The van der Waals surface area contributed by atoms with E-state index in [1.807, 2.05) is 17.8 Å². The molecule has 3 heteroatoms. The lowest BCUT2D eigenvalue weighted by Crippen LogP contribution is -1.58. The van der Waals surface area contributed by atoms with Crippen LogP contribution in [0.5, 0.6) is 0 Å².